The number of esters is 2. The number of rotatable bonds is 19. The summed E-state index contributed by atoms with van der Waals surface area (Å²) in [5.74, 6) is 0.744. The molecule has 8 nitrogen and oxygen atoms in total. The van der Waals surface area contributed by atoms with Crippen molar-refractivity contribution in [3.8, 4) is 11.5 Å². The first-order valence-electron chi connectivity index (χ1n) is 13.7. The summed E-state index contributed by atoms with van der Waals surface area (Å²) in [6.07, 6.45) is 6.83. The Balaban J connectivity index is 1.86. The number of benzene rings is 2. The van der Waals surface area contributed by atoms with Crippen molar-refractivity contribution in [2.45, 2.75) is 52.4 Å². The maximum Gasteiger partial charge on any atom is 0.330 e. The van der Waals surface area contributed by atoms with Crippen molar-refractivity contribution < 1.29 is 28.5 Å². The Morgan fingerprint density at radius 2 is 0.975 bits per heavy atom. The van der Waals surface area contributed by atoms with Crippen molar-refractivity contribution in [1.82, 2.24) is 0 Å². The van der Waals surface area contributed by atoms with Gasteiger partial charge in [-0.15, -0.1) is 0 Å². The molecule has 0 spiro atoms. The lowest BCUT2D eigenvalue weighted by molar-refractivity contribution is -0.138. The van der Waals surface area contributed by atoms with Gasteiger partial charge in [0.05, 0.1) is 37.9 Å². The van der Waals surface area contributed by atoms with Crippen LogP contribution in [0, 0.1) is 0 Å². The molecule has 0 atom stereocenters. The van der Waals surface area contributed by atoms with E-state index in [-0.39, 0.29) is 0 Å². The van der Waals surface area contributed by atoms with Gasteiger partial charge in [-0.1, -0.05) is 27.0 Å². The maximum atomic E-state index is 11.0. The zero-order valence-electron chi connectivity index (χ0n) is 23.6. The summed E-state index contributed by atoms with van der Waals surface area (Å²) in [6, 6.07) is 15.6. The Labute approximate surface area is 237 Å². The van der Waals surface area contributed by atoms with Gasteiger partial charge in [-0.05, 0) is 98.2 Å². The maximum absolute atomic E-state index is 11.0. The molecule has 0 heterocycles. The fourth-order valence-electron chi connectivity index (χ4n) is 3.52. The Morgan fingerprint density at radius 1 is 0.625 bits per heavy atom. The highest BCUT2D eigenvalue weighted by Gasteiger charge is 2.06. The normalized spacial score (nSPS) is 11.4. The van der Waals surface area contributed by atoms with Crippen molar-refractivity contribution in [2.24, 2.45) is 10.2 Å². The highest BCUT2D eigenvalue weighted by molar-refractivity contribution is 6.03. The van der Waals surface area contributed by atoms with Gasteiger partial charge >= 0.3 is 11.9 Å². The van der Waals surface area contributed by atoms with Crippen LogP contribution in [0.4, 0.5) is 0 Å². The first-order chi connectivity index (χ1) is 19.5. The Morgan fingerprint density at radius 3 is 1.30 bits per heavy atom. The summed E-state index contributed by atoms with van der Waals surface area (Å²) < 4.78 is 21.5. The molecule has 0 unspecified atom stereocenters. The van der Waals surface area contributed by atoms with Crippen LogP contribution in [-0.4, -0.2) is 49.8 Å². The van der Waals surface area contributed by atoms with Crippen LogP contribution in [0.25, 0.3) is 0 Å². The molecule has 40 heavy (non-hydrogen) atoms. The molecule has 0 N–H and O–H groups in total. The monoisotopic (exact) mass is 548 g/mol. The minimum absolute atomic E-state index is 0.361. The van der Waals surface area contributed by atoms with Crippen LogP contribution in [0.1, 0.15) is 63.5 Å². The quantitative estimate of drug-likeness (QED) is 0.0656. The summed E-state index contributed by atoms with van der Waals surface area (Å²) in [4.78, 5) is 22.1. The van der Waals surface area contributed by atoms with E-state index in [1.165, 1.54) is 0 Å². The van der Waals surface area contributed by atoms with Crippen LogP contribution in [-0.2, 0) is 19.1 Å². The number of unbranched alkanes of at least 4 members (excludes halogenated alkanes) is 2. The number of nitrogens with zero attached hydrogens (tertiary/aromatic N) is 2. The fraction of sp³-hybridized carbons (Fsp3) is 0.375. The lowest BCUT2D eigenvalue weighted by Gasteiger charge is -2.09. The number of carbonyl (C=O) groups is 2. The van der Waals surface area contributed by atoms with Gasteiger partial charge < -0.3 is 18.9 Å². The van der Waals surface area contributed by atoms with E-state index in [0.29, 0.717) is 26.4 Å². The topological polar surface area (TPSA) is 95.8 Å². The van der Waals surface area contributed by atoms with Crippen LogP contribution in [0.2, 0.25) is 0 Å². The largest absolute Gasteiger partial charge is 0.494 e. The van der Waals surface area contributed by atoms with Gasteiger partial charge in [0.2, 0.25) is 0 Å². The van der Waals surface area contributed by atoms with Crippen molar-refractivity contribution in [3.63, 3.8) is 0 Å². The first kappa shape index (κ1) is 32.0. The zero-order chi connectivity index (χ0) is 29.0. The van der Waals surface area contributed by atoms with Gasteiger partial charge in [-0.3, -0.25) is 0 Å². The second-order valence-electron chi connectivity index (χ2n) is 8.70. The molecule has 8 heteroatoms. The molecule has 0 aliphatic carbocycles. The lowest BCUT2D eigenvalue weighted by atomic mass is 10.1. The molecular weight excluding hydrogens is 508 g/mol. The molecule has 0 aliphatic heterocycles. The summed E-state index contributed by atoms with van der Waals surface area (Å²) in [7, 11) is 0. The van der Waals surface area contributed by atoms with Gasteiger partial charge in [0.15, 0.2) is 0 Å². The summed E-state index contributed by atoms with van der Waals surface area (Å²) >= 11 is 0. The van der Waals surface area contributed by atoms with Crippen LogP contribution in [0.5, 0.6) is 11.5 Å². The van der Waals surface area contributed by atoms with Crippen LogP contribution in [0.3, 0.4) is 0 Å². The third-order valence-electron chi connectivity index (χ3n) is 5.77. The summed E-state index contributed by atoms with van der Waals surface area (Å²) in [6.45, 7) is 12.7. The molecule has 0 radical (unpaired) electrons. The number of hydrogen-bond donors (Lipinski definition) is 0. The molecule has 0 saturated heterocycles. The molecule has 2 aromatic carbocycles. The van der Waals surface area contributed by atoms with E-state index in [4.69, 9.17) is 18.9 Å². The zero-order valence-corrected chi connectivity index (χ0v) is 23.6. The molecule has 2 aromatic rings. The van der Waals surface area contributed by atoms with Crippen molar-refractivity contribution >= 4 is 23.4 Å². The highest BCUT2D eigenvalue weighted by Crippen LogP contribution is 2.17. The third kappa shape index (κ3) is 12.1. The molecule has 0 fully saturated rings. The highest BCUT2D eigenvalue weighted by atomic mass is 16.5. The Kier molecular flexibility index (Phi) is 15.2. The van der Waals surface area contributed by atoms with E-state index in [9.17, 15) is 9.59 Å². The summed E-state index contributed by atoms with van der Waals surface area (Å²) in [5, 5.41) is 9.14. The molecular formula is C32H40N2O6. The van der Waals surface area contributed by atoms with Crippen molar-refractivity contribution in [1.29, 1.82) is 0 Å². The molecule has 0 aliphatic rings. The third-order valence-corrected chi connectivity index (χ3v) is 5.77. The van der Waals surface area contributed by atoms with Crippen LogP contribution in [0.15, 0.2) is 84.0 Å². The average Bonchev–Trinajstić information content (AvgIpc) is 2.99. The van der Waals surface area contributed by atoms with E-state index in [0.717, 1.165) is 84.7 Å². The van der Waals surface area contributed by atoms with E-state index in [1.807, 2.05) is 48.5 Å². The van der Waals surface area contributed by atoms with E-state index >= 15 is 0 Å². The average molecular weight is 549 g/mol. The minimum atomic E-state index is -0.404. The molecule has 0 bridgehead atoms. The molecule has 0 amide bonds. The fourth-order valence-corrected chi connectivity index (χ4v) is 3.52. The lowest BCUT2D eigenvalue weighted by Crippen LogP contribution is -2.05. The second kappa shape index (κ2) is 19.0. The van der Waals surface area contributed by atoms with Gasteiger partial charge in [0.25, 0.3) is 0 Å². The number of ether oxygens (including phenoxy) is 4. The number of carbonyl (C=O) groups excluding carboxylic acids is 2. The second-order valence-corrected chi connectivity index (χ2v) is 8.70. The standard InChI is InChI=1S/C32H40N2O6/c1-5-29(25-13-17-27(18-14-25)37-21-9-11-23-39-31(35)7-3)33-34-30(6-2)26-15-19-28(20-16-26)38-22-10-12-24-40-32(36)8-4/h7-8,13-20H,3-6,9-12,21-24H2,1-2H3/b33-29+,34-30+. The van der Waals surface area contributed by atoms with Gasteiger partial charge in [-0.25, -0.2) is 9.59 Å². The molecule has 0 saturated carbocycles. The van der Waals surface area contributed by atoms with Crippen LogP contribution < -0.4 is 9.47 Å². The predicted octanol–water partition coefficient (Wildman–Crippen LogP) is 6.48. The molecule has 214 valence electrons. The van der Waals surface area contributed by atoms with Gasteiger partial charge in [0, 0.05) is 12.2 Å². The summed E-state index contributed by atoms with van der Waals surface area (Å²) in [5.41, 5.74) is 3.77. The molecule has 0 aromatic heterocycles. The SMILES string of the molecule is C=CC(=O)OCCCCOc1ccc(/C(CC)=N/N=C(\CC)c2ccc(OCCCCOC(=O)C=C)cc2)cc1. The van der Waals surface area contributed by atoms with E-state index < -0.39 is 11.9 Å². The van der Waals surface area contributed by atoms with Crippen molar-refractivity contribution in [2.75, 3.05) is 26.4 Å². The van der Waals surface area contributed by atoms with Gasteiger partial charge in [0.1, 0.15) is 11.5 Å². The molecule has 2 rings (SSSR count). The van der Waals surface area contributed by atoms with Crippen molar-refractivity contribution in [3.05, 3.63) is 85.0 Å². The smallest absolute Gasteiger partial charge is 0.330 e. The van der Waals surface area contributed by atoms with Gasteiger partial charge in [-0.2, -0.15) is 10.2 Å². The Bertz CT molecular complexity index is 1050. The first-order valence-corrected chi connectivity index (χ1v) is 13.7. The Hall–Kier alpha value is -4.20. The van der Waals surface area contributed by atoms with E-state index in [1.54, 1.807) is 0 Å². The van der Waals surface area contributed by atoms with E-state index in [2.05, 4.69) is 37.2 Å². The van der Waals surface area contributed by atoms with Crippen LogP contribution >= 0.6 is 0 Å². The minimum Gasteiger partial charge on any atom is -0.494 e. The number of hydrogen-bond acceptors (Lipinski definition) is 8. The predicted molar refractivity (Wildman–Crippen MR) is 158 cm³/mol.